The molecule has 112 valence electrons. The Morgan fingerprint density at radius 3 is 2.29 bits per heavy atom. The van der Waals surface area contributed by atoms with Gasteiger partial charge in [0, 0.05) is 15.0 Å². The van der Waals surface area contributed by atoms with Crippen LogP contribution >= 0.6 is 31.9 Å². The molecule has 2 rings (SSSR count). The van der Waals surface area contributed by atoms with E-state index >= 15 is 0 Å². The van der Waals surface area contributed by atoms with Gasteiger partial charge >= 0.3 is 0 Å². The van der Waals surface area contributed by atoms with E-state index in [9.17, 15) is 8.42 Å². The minimum atomic E-state index is -3.60. The molecule has 0 saturated heterocycles. The fraction of sp³-hybridized carbons (Fsp3) is 0.200. The van der Waals surface area contributed by atoms with Gasteiger partial charge < -0.3 is 0 Å². The van der Waals surface area contributed by atoms with Gasteiger partial charge in [-0.1, -0.05) is 46.3 Å². The number of benzene rings is 2. The van der Waals surface area contributed by atoms with Gasteiger partial charge in [0.1, 0.15) is 0 Å². The molecule has 2 aromatic carbocycles. The number of halogens is 2. The number of aryl methyl sites for hydroxylation is 1. The third kappa shape index (κ3) is 3.94. The second kappa shape index (κ2) is 6.60. The second-order valence-corrected chi connectivity index (χ2v) is 8.18. The first-order valence-corrected chi connectivity index (χ1v) is 9.41. The molecule has 0 amide bonds. The molecule has 21 heavy (non-hydrogen) atoms. The molecule has 0 fully saturated rings. The zero-order valence-electron chi connectivity index (χ0n) is 11.6. The van der Waals surface area contributed by atoms with Crippen LogP contribution in [-0.4, -0.2) is 8.42 Å². The molecule has 0 unspecified atom stereocenters. The van der Waals surface area contributed by atoms with Crippen molar-refractivity contribution in [1.82, 2.24) is 4.72 Å². The molecule has 1 atom stereocenters. The van der Waals surface area contributed by atoms with Gasteiger partial charge in [-0.2, -0.15) is 0 Å². The van der Waals surface area contributed by atoms with Gasteiger partial charge in [0.25, 0.3) is 0 Å². The van der Waals surface area contributed by atoms with Crippen LogP contribution in [0.3, 0.4) is 0 Å². The van der Waals surface area contributed by atoms with E-state index in [0.29, 0.717) is 4.47 Å². The number of hydrogen-bond donors (Lipinski definition) is 1. The monoisotopic (exact) mass is 431 g/mol. The maximum Gasteiger partial charge on any atom is 0.242 e. The lowest BCUT2D eigenvalue weighted by Crippen LogP contribution is -2.27. The molecule has 0 spiro atoms. The first-order valence-electron chi connectivity index (χ1n) is 6.34. The van der Waals surface area contributed by atoms with Crippen molar-refractivity contribution in [3.05, 3.63) is 62.5 Å². The van der Waals surface area contributed by atoms with E-state index in [2.05, 4.69) is 36.6 Å². The van der Waals surface area contributed by atoms with Crippen LogP contribution in [0.1, 0.15) is 24.1 Å². The smallest absolute Gasteiger partial charge is 0.207 e. The molecule has 0 bridgehead atoms. The molecule has 0 saturated carbocycles. The number of hydrogen-bond acceptors (Lipinski definition) is 2. The van der Waals surface area contributed by atoms with Gasteiger partial charge in [-0.25, -0.2) is 13.1 Å². The van der Waals surface area contributed by atoms with Crippen molar-refractivity contribution in [1.29, 1.82) is 0 Å². The first kappa shape index (κ1) is 16.7. The Hall–Kier alpha value is -0.690. The maximum atomic E-state index is 12.5. The highest BCUT2D eigenvalue weighted by molar-refractivity contribution is 9.11. The van der Waals surface area contributed by atoms with Crippen molar-refractivity contribution in [2.24, 2.45) is 0 Å². The summed E-state index contributed by atoms with van der Waals surface area (Å²) in [5, 5.41) is 0. The summed E-state index contributed by atoms with van der Waals surface area (Å²) in [7, 11) is -3.60. The van der Waals surface area contributed by atoms with Crippen LogP contribution in [0.2, 0.25) is 0 Å². The van der Waals surface area contributed by atoms with Gasteiger partial charge in [-0.05, 0) is 53.0 Å². The molecule has 0 aromatic heterocycles. The average molecular weight is 433 g/mol. The summed E-state index contributed by atoms with van der Waals surface area (Å²) in [5.74, 6) is 0. The minimum absolute atomic E-state index is 0.242. The highest BCUT2D eigenvalue weighted by Gasteiger charge is 2.21. The quantitative estimate of drug-likeness (QED) is 0.769. The topological polar surface area (TPSA) is 46.2 Å². The van der Waals surface area contributed by atoms with E-state index in [1.165, 1.54) is 0 Å². The Labute approximate surface area is 142 Å². The van der Waals surface area contributed by atoms with Crippen molar-refractivity contribution >= 4 is 41.9 Å². The molecule has 0 aliphatic carbocycles. The van der Waals surface area contributed by atoms with Crippen molar-refractivity contribution < 1.29 is 8.42 Å². The number of sulfonamides is 1. The van der Waals surface area contributed by atoms with Crippen molar-refractivity contribution in [2.75, 3.05) is 0 Å². The van der Waals surface area contributed by atoms with Gasteiger partial charge in [0.15, 0.2) is 0 Å². The summed E-state index contributed by atoms with van der Waals surface area (Å²) in [4.78, 5) is 0.242. The summed E-state index contributed by atoms with van der Waals surface area (Å²) < 4.78 is 29.2. The molecule has 1 N–H and O–H groups in total. The lowest BCUT2D eigenvalue weighted by Gasteiger charge is -2.16. The molecular formula is C15H15Br2NO2S. The highest BCUT2D eigenvalue weighted by atomic mass is 79.9. The second-order valence-electron chi connectivity index (χ2n) is 4.79. The number of nitrogens with one attached hydrogen (secondary N) is 1. The van der Waals surface area contributed by atoms with E-state index in [1.54, 1.807) is 12.1 Å². The number of rotatable bonds is 4. The molecule has 0 radical (unpaired) electrons. The average Bonchev–Trinajstić information content (AvgIpc) is 2.43. The third-order valence-electron chi connectivity index (χ3n) is 3.13. The lowest BCUT2D eigenvalue weighted by molar-refractivity contribution is 0.566. The van der Waals surface area contributed by atoms with Crippen molar-refractivity contribution in [3.63, 3.8) is 0 Å². The van der Waals surface area contributed by atoms with E-state index in [4.69, 9.17) is 0 Å². The Kier molecular flexibility index (Phi) is 5.24. The van der Waals surface area contributed by atoms with E-state index in [-0.39, 0.29) is 10.9 Å². The van der Waals surface area contributed by atoms with Crippen LogP contribution in [0.15, 0.2) is 56.3 Å². The summed E-state index contributed by atoms with van der Waals surface area (Å²) in [6.45, 7) is 3.68. The van der Waals surface area contributed by atoms with Gasteiger partial charge in [0.05, 0.1) is 4.90 Å². The maximum absolute atomic E-state index is 12.5. The Morgan fingerprint density at radius 2 is 1.67 bits per heavy atom. The van der Waals surface area contributed by atoms with E-state index < -0.39 is 10.0 Å². The van der Waals surface area contributed by atoms with Crippen LogP contribution in [0.25, 0.3) is 0 Å². The molecule has 0 aliphatic rings. The van der Waals surface area contributed by atoms with Crippen LogP contribution in [0, 0.1) is 6.92 Å². The fourth-order valence-corrected chi connectivity index (χ4v) is 4.95. The first-order chi connectivity index (χ1) is 9.81. The molecule has 3 nitrogen and oxygen atoms in total. The summed E-state index contributed by atoms with van der Waals surface area (Å²) in [5.41, 5.74) is 1.79. The highest BCUT2D eigenvalue weighted by Crippen LogP contribution is 2.29. The predicted molar refractivity (Wildman–Crippen MR) is 91.8 cm³/mol. The largest absolute Gasteiger partial charge is 0.242 e. The zero-order chi connectivity index (χ0) is 15.6. The molecular weight excluding hydrogens is 418 g/mol. The van der Waals surface area contributed by atoms with E-state index in [1.807, 2.05) is 44.2 Å². The normalized spacial score (nSPS) is 13.1. The van der Waals surface area contributed by atoms with Crippen LogP contribution in [0.5, 0.6) is 0 Å². The Balaban J connectivity index is 2.33. The zero-order valence-corrected chi connectivity index (χ0v) is 15.6. The van der Waals surface area contributed by atoms with Crippen molar-refractivity contribution in [2.45, 2.75) is 24.8 Å². The summed E-state index contributed by atoms with van der Waals surface area (Å²) >= 11 is 6.70. The SMILES string of the molecule is Cc1cc(S(=O)(=O)N[C@H](C)c2ccccc2)c(Br)cc1Br. The van der Waals surface area contributed by atoms with Crippen LogP contribution in [0.4, 0.5) is 0 Å². The fourth-order valence-electron chi connectivity index (χ4n) is 1.94. The minimum Gasteiger partial charge on any atom is -0.207 e. The molecule has 0 aliphatic heterocycles. The van der Waals surface area contributed by atoms with Gasteiger partial charge in [-0.15, -0.1) is 0 Å². The molecule has 6 heteroatoms. The van der Waals surface area contributed by atoms with Crippen LogP contribution in [-0.2, 0) is 10.0 Å². The molecule has 2 aromatic rings. The molecule has 0 heterocycles. The van der Waals surface area contributed by atoms with Gasteiger partial charge in [0.2, 0.25) is 10.0 Å². The predicted octanol–water partition coefficient (Wildman–Crippen LogP) is 4.56. The standard InChI is InChI=1S/C15H15Br2NO2S/c1-10-8-15(14(17)9-13(10)16)21(19,20)18-11(2)12-6-4-3-5-7-12/h3-9,11,18H,1-2H3/t11-/m1/s1. The Morgan fingerprint density at radius 1 is 1.05 bits per heavy atom. The van der Waals surface area contributed by atoms with E-state index in [0.717, 1.165) is 15.6 Å². The summed E-state index contributed by atoms with van der Waals surface area (Å²) in [6, 6.07) is 12.6. The van der Waals surface area contributed by atoms with Crippen molar-refractivity contribution in [3.8, 4) is 0 Å². The van der Waals surface area contributed by atoms with Crippen LogP contribution < -0.4 is 4.72 Å². The third-order valence-corrected chi connectivity index (χ3v) is 6.49. The lowest BCUT2D eigenvalue weighted by atomic mass is 10.1. The summed E-state index contributed by atoms with van der Waals surface area (Å²) in [6.07, 6.45) is 0. The van der Waals surface area contributed by atoms with Gasteiger partial charge in [-0.3, -0.25) is 0 Å². The Bertz CT molecular complexity index is 746.